The van der Waals surface area contributed by atoms with Crippen molar-refractivity contribution in [3.63, 3.8) is 0 Å². The number of ether oxygens (including phenoxy) is 1. The van der Waals surface area contributed by atoms with Gasteiger partial charge in [-0.3, -0.25) is 0 Å². The van der Waals surface area contributed by atoms with E-state index in [2.05, 4.69) is 25.2 Å². The average molecular weight is 295 g/mol. The predicted octanol–water partition coefficient (Wildman–Crippen LogP) is 2.85. The van der Waals surface area contributed by atoms with Gasteiger partial charge in [-0.15, -0.1) is 11.8 Å². The minimum atomic E-state index is -0.464. The van der Waals surface area contributed by atoms with Crippen LogP contribution in [0.5, 0.6) is 5.75 Å². The summed E-state index contributed by atoms with van der Waals surface area (Å²) in [6, 6.07) is 6.66. The molecule has 0 aromatic heterocycles. The van der Waals surface area contributed by atoms with Gasteiger partial charge in [-0.05, 0) is 43.6 Å². The summed E-state index contributed by atoms with van der Waals surface area (Å²) in [5.74, 6) is 2.08. The summed E-state index contributed by atoms with van der Waals surface area (Å²) in [5, 5.41) is 13.3. The smallest absolute Gasteiger partial charge is 0.133 e. The quantitative estimate of drug-likeness (QED) is 0.811. The molecular formula is C16H25NO2S. The molecule has 1 aromatic carbocycles. The molecule has 0 saturated carbocycles. The Morgan fingerprint density at radius 1 is 1.45 bits per heavy atom. The van der Waals surface area contributed by atoms with E-state index in [4.69, 9.17) is 4.74 Å². The van der Waals surface area contributed by atoms with Crippen molar-refractivity contribution in [2.24, 2.45) is 0 Å². The molecule has 4 heteroatoms. The first-order valence-corrected chi connectivity index (χ1v) is 8.48. The number of thioether (sulfide) groups is 1. The minimum Gasteiger partial charge on any atom is -0.490 e. The highest BCUT2D eigenvalue weighted by atomic mass is 32.2. The van der Waals surface area contributed by atoms with Crippen molar-refractivity contribution in [3.05, 3.63) is 23.8 Å². The van der Waals surface area contributed by atoms with Crippen molar-refractivity contribution < 1.29 is 9.84 Å². The number of hydrogen-bond donors (Lipinski definition) is 2. The molecule has 2 N–H and O–H groups in total. The molecule has 2 rings (SSSR count). The molecular weight excluding hydrogens is 270 g/mol. The second-order valence-electron chi connectivity index (χ2n) is 5.38. The van der Waals surface area contributed by atoms with Gasteiger partial charge in [0, 0.05) is 12.6 Å². The lowest BCUT2D eigenvalue weighted by Crippen LogP contribution is -2.36. The van der Waals surface area contributed by atoms with Gasteiger partial charge in [0.1, 0.15) is 18.5 Å². The molecule has 3 nitrogen and oxygen atoms in total. The maximum atomic E-state index is 9.96. The van der Waals surface area contributed by atoms with Crippen LogP contribution in [0.3, 0.4) is 0 Å². The van der Waals surface area contributed by atoms with E-state index < -0.39 is 6.10 Å². The van der Waals surface area contributed by atoms with Crippen molar-refractivity contribution in [3.8, 4) is 5.75 Å². The molecule has 1 aliphatic heterocycles. The molecule has 112 valence electrons. The fourth-order valence-electron chi connectivity index (χ4n) is 2.20. The summed E-state index contributed by atoms with van der Waals surface area (Å²) >= 11 is 1.87. The molecule has 0 amide bonds. The summed E-state index contributed by atoms with van der Waals surface area (Å²) < 4.78 is 5.82. The molecule has 2 unspecified atom stereocenters. The Bertz CT molecular complexity index is 425. The number of hydrogen-bond acceptors (Lipinski definition) is 4. The summed E-state index contributed by atoms with van der Waals surface area (Å²) in [6.07, 6.45) is 2.98. The first-order chi connectivity index (χ1) is 9.70. The molecule has 0 radical (unpaired) electrons. The van der Waals surface area contributed by atoms with E-state index in [0.717, 1.165) is 24.3 Å². The fraction of sp³-hybridized carbons (Fsp3) is 0.625. The number of aliphatic hydroxyl groups excluding tert-OH is 1. The Balaban J connectivity index is 1.84. The van der Waals surface area contributed by atoms with Crippen LogP contribution in [-0.2, 0) is 6.42 Å². The molecule has 0 saturated heterocycles. The average Bonchev–Trinajstić information content (AvgIpc) is 2.50. The molecule has 1 aromatic rings. The van der Waals surface area contributed by atoms with Crippen molar-refractivity contribution in [1.29, 1.82) is 0 Å². The second kappa shape index (κ2) is 7.91. The molecule has 1 aliphatic rings. The zero-order valence-electron chi connectivity index (χ0n) is 12.4. The molecule has 2 atom stereocenters. The van der Waals surface area contributed by atoms with Crippen molar-refractivity contribution >= 4 is 11.8 Å². The lowest BCUT2D eigenvalue weighted by Gasteiger charge is -2.20. The lowest BCUT2D eigenvalue weighted by atomic mass is 10.1. The Kier molecular flexibility index (Phi) is 6.20. The van der Waals surface area contributed by atoms with Crippen molar-refractivity contribution in [1.82, 2.24) is 5.32 Å². The van der Waals surface area contributed by atoms with Gasteiger partial charge in [-0.1, -0.05) is 19.1 Å². The largest absolute Gasteiger partial charge is 0.490 e. The van der Waals surface area contributed by atoms with Crippen molar-refractivity contribution in [2.45, 2.75) is 50.2 Å². The van der Waals surface area contributed by atoms with Crippen molar-refractivity contribution in [2.75, 3.05) is 18.9 Å². The minimum absolute atomic E-state index is 0.348. The third-order valence-corrected chi connectivity index (χ3v) is 4.89. The maximum absolute atomic E-state index is 9.96. The van der Waals surface area contributed by atoms with Gasteiger partial charge in [-0.25, -0.2) is 0 Å². The van der Waals surface area contributed by atoms with Crippen LogP contribution < -0.4 is 10.1 Å². The highest BCUT2D eigenvalue weighted by molar-refractivity contribution is 7.99. The number of nitrogens with one attached hydrogen (secondary N) is 1. The predicted molar refractivity (Wildman–Crippen MR) is 84.7 cm³/mol. The summed E-state index contributed by atoms with van der Waals surface area (Å²) in [7, 11) is 0. The van der Waals surface area contributed by atoms with E-state index in [0.29, 0.717) is 19.2 Å². The SMILES string of the molecule is CCC(C)NCC(O)COc1cccc2c1SCCC2. The molecule has 0 bridgehead atoms. The number of fused-ring (bicyclic) bond motifs is 1. The molecule has 1 heterocycles. The highest BCUT2D eigenvalue weighted by Gasteiger charge is 2.15. The van der Waals surface area contributed by atoms with Gasteiger partial charge < -0.3 is 15.2 Å². The van der Waals surface area contributed by atoms with Gasteiger partial charge in [0.2, 0.25) is 0 Å². The van der Waals surface area contributed by atoms with E-state index in [1.54, 1.807) is 0 Å². The number of rotatable bonds is 7. The Morgan fingerprint density at radius 3 is 3.10 bits per heavy atom. The van der Waals surface area contributed by atoms with E-state index in [9.17, 15) is 5.11 Å². The zero-order chi connectivity index (χ0) is 14.4. The van der Waals surface area contributed by atoms with Gasteiger partial charge >= 0.3 is 0 Å². The monoisotopic (exact) mass is 295 g/mol. The first kappa shape index (κ1) is 15.7. The summed E-state index contributed by atoms with van der Waals surface area (Å²) in [6.45, 7) is 5.18. The summed E-state index contributed by atoms with van der Waals surface area (Å²) in [4.78, 5) is 1.26. The van der Waals surface area contributed by atoms with Crippen LogP contribution >= 0.6 is 11.8 Å². The van der Waals surface area contributed by atoms with Crippen LogP contribution in [0.2, 0.25) is 0 Å². The van der Waals surface area contributed by atoms with Gasteiger partial charge in [0.05, 0.1) is 4.90 Å². The Hall–Kier alpha value is -0.710. The van der Waals surface area contributed by atoms with Gasteiger partial charge in [0.25, 0.3) is 0 Å². The van der Waals surface area contributed by atoms with Crippen LogP contribution in [0.25, 0.3) is 0 Å². The van der Waals surface area contributed by atoms with Crippen LogP contribution in [0.1, 0.15) is 32.3 Å². The molecule has 0 aliphatic carbocycles. The number of aryl methyl sites for hydroxylation is 1. The van der Waals surface area contributed by atoms with E-state index in [1.165, 1.54) is 16.9 Å². The second-order valence-corrected chi connectivity index (χ2v) is 6.48. The van der Waals surface area contributed by atoms with E-state index in [1.807, 2.05) is 23.9 Å². The first-order valence-electron chi connectivity index (χ1n) is 7.49. The van der Waals surface area contributed by atoms with Gasteiger partial charge in [-0.2, -0.15) is 0 Å². The van der Waals surface area contributed by atoms with Crippen LogP contribution in [0.15, 0.2) is 23.1 Å². The molecule has 20 heavy (non-hydrogen) atoms. The topological polar surface area (TPSA) is 41.5 Å². The maximum Gasteiger partial charge on any atom is 0.133 e. The fourth-order valence-corrected chi connectivity index (χ4v) is 3.32. The van der Waals surface area contributed by atoms with E-state index in [-0.39, 0.29) is 0 Å². The Labute approximate surface area is 126 Å². The molecule has 0 spiro atoms. The normalized spacial score (nSPS) is 17.4. The molecule has 0 fully saturated rings. The zero-order valence-corrected chi connectivity index (χ0v) is 13.2. The standard InChI is InChI=1S/C16H25NO2S/c1-3-12(2)17-10-14(18)11-19-15-8-4-6-13-7-5-9-20-16(13)15/h4,6,8,12,14,17-18H,3,5,7,9-11H2,1-2H3. The Morgan fingerprint density at radius 2 is 2.30 bits per heavy atom. The number of aliphatic hydroxyl groups is 1. The van der Waals surface area contributed by atoms with E-state index >= 15 is 0 Å². The van der Waals surface area contributed by atoms with Crippen LogP contribution in [-0.4, -0.2) is 36.2 Å². The van der Waals surface area contributed by atoms with Gasteiger partial charge in [0.15, 0.2) is 0 Å². The summed E-state index contributed by atoms with van der Waals surface area (Å²) in [5.41, 5.74) is 1.38. The third-order valence-electron chi connectivity index (χ3n) is 3.64. The third kappa shape index (κ3) is 4.40. The van der Waals surface area contributed by atoms with Crippen LogP contribution in [0, 0.1) is 0 Å². The highest BCUT2D eigenvalue weighted by Crippen LogP contribution is 2.37. The van der Waals surface area contributed by atoms with Crippen LogP contribution in [0.4, 0.5) is 0 Å². The number of benzene rings is 1. The lowest BCUT2D eigenvalue weighted by molar-refractivity contribution is 0.102.